The zero-order valence-corrected chi connectivity index (χ0v) is 10.7. The summed E-state index contributed by atoms with van der Waals surface area (Å²) in [7, 11) is 0. The van der Waals surface area contributed by atoms with Gasteiger partial charge in [-0.05, 0) is 0 Å². The molecule has 0 aromatic rings. The van der Waals surface area contributed by atoms with Crippen molar-refractivity contribution in [1.29, 1.82) is 0 Å². The van der Waals surface area contributed by atoms with Crippen molar-refractivity contribution in [3.05, 3.63) is 12.2 Å². The van der Waals surface area contributed by atoms with Gasteiger partial charge in [-0.1, -0.05) is 12.4 Å². The second-order valence-corrected chi connectivity index (χ2v) is 2.22. The SMILES string of the molecule is CC(=O)OC/C=C/C[B-](F)(F)F.[K+]. The van der Waals surface area contributed by atoms with Crippen LogP contribution in [0.15, 0.2) is 12.2 Å². The number of allylic oxidation sites excluding steroid dienone is 1. The molecule has 0 radical (unpaired) electrons. The van der Waals surface area contributed by atoms with Gasteiger partial charge in [0.25, 0.3) is 0 Å². The summed E-state index contributed by atoms with van der Waals surface area (Å²) in [5.74, 6) is -0.503. The molecule has 0 fully saturated rings. The number of ether oxygens (including phenoxy) is 1. The fourth-order valence-electron chi connectivity index (χ4n) is 0.484. The largest absolute Gasteiger partial charge is 1.00 e. The number of carbonyl (C=O) groups is 1. The quantitative estimate of drug-likeness (QED) is 0.343. The molecule has 0 aromatic heterocycles. The minimum atomic E-state index is -4.76. The molecule has 2 nitrogen and oxygen atoms in total. The summed E-state index contributed by atoms with van der Waals surface area (Å²) in [4.78, 5) is 10.1. The molecule has 0 aliphatic carbocycles. The molecule has 0 N–H and O–H groups in total. The fourth-order valence-corrected chi connectivity index (χ4v) is 0.484. The van der Waals surface area contributed by atoms with Crippen LogP contribution in [0.1, 0.15) is 6.92 Å². The Morgan fingerprint density at radius 1 is 1.38 bits per heavy atom. The van der Waals surface area contributed by atoms with E-state index in [4.69, 9.17) is 0 Å². The Kier molecular flexibility index (Phi) is 9.99. The van der Waals surface area contributed by atoms with Gasteiger partial charge in [0, 0.05) is 6.92 Å². The summed E-state index contributed by atoms with van der Waals surface area (Å²) in [6.45, 7) is -3.66. The maximum Gasteiger partial charge on any atom is 1.00 e. The van der Waals surface area contributed by atoms with E-state index in [2.05, 4.69) is 4.74 Å². The standard InChI is InChI=1S/C6H9BF3O2.K/c1-6(11)12-5-3-2-4-7(8,9)10;/h2-3H,4-5H2,1H3;/q-1;+1/b3-2+;. The maximum atomic E-state index is 11.5. The summed E-state index contributed by atoms with van der Waals surface area (Å²) in [6, 6.07) is 0. The summed E-state index contributed by atoms with van der Waals surface area (Å²) < 4.78 is 39.0. The van der Waals surface area contributed by atoms with Gasteiger partial charge in [-0.25, -0.2) is 0 Å². The van der Waals surface area contributed by atoms with Crippen molar-refractivity contribution >= 4 is 12.9 Å². The molecule has 0 aliphatic heterocycles. The molecule has 0 amide bonds. The molecule has 0 aliphatic rings. The van der Waals surface area contributed by atoms with Gasteiger partial charge in [0.1, 0.15) is 6.61 Å². The molecule has 0 unspecified atom stereocenters. The van der Waals surface area contributed by atoms with Crippen molar-refractivity contribution in [2.24, 2.45) is 0 Å². The van der Waals surface area contributed by atoms with E-state index in [9.17, 15) is 17.7 Å². The Bertz CT molecular complexity index is 181. The van der Waals surface area contributed by atoms with E-state index < -0.39 is 19.3 Å². The molecule has 0 spiro atoms. The second-order valence-electron chi connectivity index (χ2n) is 2.22. The molecule has 0 atom stereocenters. The van der Waals surface area contributed by atoms with Crippen molar-refractivity contribution < 1.29 is 73.9 Å². The maximum absolute atomic E-state index is 11.5. The van der Waals surface area contributed by atoms with Gasteiger partial charge in [-0.15, -0.1) is 6.08 Å². The normalized spacial score (nSPS) is 11.1. The minimum Gasteiger partial charge on any atom is -0.462 e. The topological polar surface area (TPSA) is 26.3 Å². The van der Waals surface area contributed by atoms with E-state index in [1.165, 1.54) is 13.0 Å². The summed E-state index contributed by atoms with van der Waals surface area (Å²) in [5.41, 5.74) is 0. The van der Waals surface area contributed by atoms with Crippen LogP contribution < -0.4 is 51.4 Å². The van der Waals surface area contributed by atoms with Crippen LogP contribution in [0, 0.1) is 0 Å². The Morgan fingerprint density at radius 2 is 1.92 bits per heavy atom. The summed E-state index contributed by atoms with van der Waals surface area (Å²) >= 11 is 0. The summed E-state index contributed by atoms with van der Waals surface area (Å²) in [5, 5.41) is 0. The van der Waals surface area contributed by atoms with Crippen molar-refractivity contribution in [2.45, 2.75) is 13.2 Å². The number of hydrogen-bond acceptors (Lipinski definition) is 2. The number of rotatable bonds is 4. The van der Waals surface area contributed by atoms with Crippen LogP contribution in [0.25, 0.3) is 0 Å². The third-order valence-electron chi connectivity index (χ3n) is 0.953. The fraction of sp³-hybridized carbons (Fsp3) is 0.500. The molecular weight excluding hydrogens is 211 g/mol. The number of hydrogen-bond donors (Lipinski definition) is 0. The molecule has 7 heteroatoms. The van der Waals surface area contributed by atoms with E-state index in [1.54, 1.807) is 0 Å². The Morgan fingerprint density at radius 3 is 2.31 bits per heavy atom. The number of halogens is 3. The smallest absolute Gasteiger partial charge is 0.462 e. The Balaban J connectivity index is 0. The van der Waals surface area contributed by atoms with E-state index in [0.29, 0.717) is 0 Å². The molecule has 70 valence electrons. The zero-order chi connectivity index (χ0) is 9.61. The third-order valence-corrected chi connectivity index (χ3v) is 0.953. The second kappa shape index (κ2) is 8.05. The van der Waals surface area contributed by atoms with Crippen LogP contribution in [-0.2, 0) is 9.53 Å². The van der Waals surface area contributed by atoms with Crippen LogP contribution in [0.5, 0.6) is 0 Å². The van der Waals surface area contributed by atoms with E-state index in [-0.39, 0.29) is 58.0 Å². The third kappa shape index (κ3) is 15.5. The average molecular weight is 220 g/mol. The van der Waals surface area contributed by atoms with Crippen LogP contribution in [0.3, 0.4) is 0 Å². The minimum absolute atomic E-state index is 0. The predicted octanol–water partition coefficient (Wildman–Crippen LogP) is -1.04. The van der Waals surface area contributed by atoms with Gasteiger partial charge in [0.05, 0.1) is 0 Å². The molecule has 0 rings (SSSR count). The van der Waals surface area contributed by atoms with Gasteiger partial charge in [0.2, 0.25) is 0 Å². The van der Waals surface area contributed by atoms with E-state index in [0.717, 1.165) is 6.08 Å². The monoisotopic (exact) mass is 220 g/mol. The Hall–Kier alpha value is 0.701. The average Bonchev–Trinajstić information content (AvgIpc) is 1.83. The van der Waals surface area contributed by atoms with E-state index >= 15 is 0 Å². The van der Waals surface area contributed by atoms with Gasteiger partial charge in [0.15, 0.2) is 0 Å². The van der Waals surface area contributed by atoms with Crippen molar-refractivity contribution in [1.82, 2.24) is 0 Å². The summed E-state index contributed by atoms with van der Waals surface area (Å²) in [6.07, 6.45) is 1.20. The van der Waals surface area contributed by atoms with Crippen LogP contribution >= 0.6 is 0 Å². The number of carbonyl (C=O) groups excluding carboxylic acids is 1. The van der Waals surface area contributed by atoms with Crippen molar-refractivity contribution in [3.8, 4) is 0 Å². The molecular formula is C6H9BF3KO2. The predicted molar refractivity (Wildman–Crippen MR) is 39.7 cm³/mol. The first-order valence-electron chi connectivity index (χ1n) is 3.41. The van der Waals surface area contributed by atoms with Gasteiger partial charge in [-0.3, -0.25) is 4.79 Å². The molecule has 0 bridgehead atoms. The van der Waals surface area contributed by atoms with E-state index in [1.807, 2.05) is 0 Å². The van der Waals surface area contributed by atoms with Crippen LogP contribution in [-0.4, -0.2) is 19.6 Å². The van der Waals surface area contributed by atoms with Gasteiger partial charge < -0.3 is 17.7 Å². The zero-order valence-electron chi connectivity index (χ0n) is 7.60. The first-order chi connectivity index (χ1) is 5.42. The molecule has 0 aromatic carbocycles. The van der Waals surface area contributed by atoms with Gasteiger partial charge in [-0.2, -0.15) is 0 Å². The first kappa shape index (κ1) is 16.1. The first-order valence-corrected chi connectivity index (χ1v) is 3.41. The van der Waals surface area contributed by atoms with Crippen LogP contribution in [0.2, 0.25) is 6.32 Å². The molecule has 0 heterocycles. The van der Waals surface area contributed by atoms with Crippen molar-refractivity contribution in [3.63, 3.8) is 0 Å². The van der Waals surface area contributed by atoms with Crippen LogP contribution in [0.4, 0.5) is 12.9 Å². The molecule has 0 saturated carbocycles. The number of esters is 1. The molecule has 0 saturated heterocycles. The molecule has 13 heavy (non-hydrogen) atoms. The van der Waals surface area contributed by atoms with Crippen molar-refractivity contribution in [2.75, 3.05) is 6.61 Å². The van der Waals surface area contributed by atoms with Gasteiger partial charge >= 0.3 is 64.3 Å². The Labute approximate surface area is 117 Å².